The monoisotopic (exact) mass is 425 g/mol. The van der Waals surface area contributed by atoms with Crippen LogP contribution in [-0.4, -0.2) is 21.7 Å². The van der Waals surface area contributed by atoms with Crippen molar-refractivity contribution >= 4 is 51.9 Å². The second-order valence-electron chi connectivity index (χ2n) is 6.25. The van der Waals surface area contributed by atoms with E-state index in [2.05, 4.69) is 0 Å². The average Bonchev–Trinajstić information content (AvgIpc) is 3.26. The SMILES string of the molecule is O=C1/C(=C\c2ccc(-c3ccccc3Cl)o2)SC(=S)N1CCc1ccccc1. The number of hydrogen-bond donors (Lipinski definition) is 0. The maximum Gasteiger partial charge on any atom is 0.266 e. The molecule has 3 aromatic rings. The van der Waals surface area contributed by atoms with Crippen molar-refractivity contribution in [3.05, 3.63) is 88.0 Å². The third kappa shape index (κ3) is 4.07. The van der Waals surface area contributed by atoms with E-state index in [1.54, 1.807) is 11.0 Å². The lowest BCUT2D eigenvalue weighted by Gasteiger charge is -2.14. The predicted octanol–water partition coefficient (Wildman–Crippen LogP) is 6.04. The second-order valence-corrected chi connectivity index (χ2v) is 8.33. The van der Waals surface area contributed by atoms with Gasteiger partial charge in [-0.15, -0.1) is 0 Å². The molecule has 0 atom stereocenters. The lowest BCUT2D eigenvalue weighted by molar-refractivity contribution is -0.122. The molecule has 1 aromatic heterocycles. The normalized spacial score (nSPS) is 15.6. The first-order chi connectivity index (χ1) is 13.6. The molecule has 28 heavy (non-hydrogen) atoms. The molecule has 0 aliphatic carbocycles. The Kier molecular flexibility index (Phi) is 5.67. The van der Waals surface area contributed by atoms with Gasteiger partial charge in [0, 0.05) is 18.2 Å². The summed E-state index contributed by atoms with van der Waals surface area (Å²) in [5.41, 5.74) is 2.00. The molecule has 2 aromatic carbocycles. The van der Waals surface area contributed by atoms with E-state index in [-0.39, 0.29) is 5.91 Å². The standard InChI is InChI=1S/C22H16ClNO2S2/c23-18-9-5-4-8-17(18)19-11-10-16(26-19)14-20-21(25)24(22(27)28-20)13-12-15-6-2-1-3-7-15/h1-11,14H,12-13H2/b20-14+. The van der Waals surface area contributed by atoms with Crippen LogP contribution in [0.15, 0.2) is 76.1 Å². The van der Waals surface area contributed by atoms with E-state index in [1.807, 2.05) is 66.7 Å². The van der Waals surface area contributed by atoms with Gasteiger partial charge >= 0.3 is 0 Å². The Hall–Kier alpha value is -2.34. The lowest BCUT2D eigenvalue weighted by Crippen LogP contribution is -2.30. The first kappa shape index (κ1) is 19.0. The molecule has 0 radical (unpaired) electrons. The van der Waals surface area contributed by atoms with Crippen LogP contribution in [0.5, 0.6) is 0 Å². The predicted molar refractivity (Wildman–Crippen MR) is 119 cm³/mol. The van der Waals surface area contributed by atoms with Crippen LogP contribution in [0.1, 0.15) is 11.3 Å². The molecular weight excluding hydrogens is 410 g/mol. The quantitative estimate of drug-likeness (QED) is 0.368. The van der Waals surface area contributed by atoms with Crippen LogP contribution in [0.4, 0.5) is 0 Å². The number of nitrogens with zero attached hydrogens (tertiary/aromatic N) is 1. The number of carbonyl (C=O) groups excluding carboxylic acids is 1. The van der Waals surface area contributed by atoms with Gasteiger partial charge in [0.2, 0.25) is 0 Å². The molecule has 1 aliphatic heterocycles. The maximum absolute atomic E-state index is 12.8. The Morgan fingerprint density at radius 1 is 1.04 bits per heavy atom. The molecular formula is C22H16ClNO2S2. The lowest BCUT2D eigenvalue weighted by atomic mass is 10.1. The smallest absolute Gasteiger partial charge is 0.266 e. The fraction of sp³-hybridized carbons (Fsp3) is 0.0909. The molecule has 4 rings (SSSR count). The molecule has 0 spiro atoms. The highest BCUT2D eigenvalue weighted by Crippen LogP contribution is 2.34. The van der Waals surface area contributed by atoms with E-state index in [4.69, 9.17) is 28.2 Å². The Balaban J connectivity index is 1.49. The number of carbonyl (C=O) groups is 1. The summed E-state index contributed by atoms with van der Waals surface area (Å²) in [6.07, 6.45) is 2.50. The molecule has 0 bridgehead atoms. The Morgan fingerprint density at radius 2 is 1.79 bits per heavy atom. The van der Waals surface area contributed by atoms with Gasteiger partial charge in [0.1, 0.15) is 15.8 Å². The van der Waals surface area contributed by atoms with E-state index < -0.39 is 0 Å². The highest BCUT2D eigenvalue weighted by molar-refractivity contribution is 8.26. The van der Waals surface area contributed by atoms with Gasteiger partial charge in [-0.3, -0.25) is 9.69 Å². The number of thioether (sulfide) groups is 1. The minimum Gasteiger partial charge on any atom is -0.457 e. The molecule has 0 saturated carbocycles. The summed E-state index contributed by atoms with van der Waals surface area (Å²) < 4.78 is 6.45. The molecule has 0 unspecified atom stereocenters. The van der Waals surface area contributed by atoms with Gasteiger partial charge in [-0.2, -0.15) is 0 Å². The average molecular weight is 426 g/mol. The van der Waals surface area contributed by atoms with Crippen molar-refractivity contribution in [3.8, 4) is 11.3 Å². The van der Waals surface area contributed by atoms with Gasteiger partial charge in [-0.25, -0.2) is 0 Å². The van der Waals surface area contributed by atoms with Crippen molar-refractivity contribution in [3.63, 3.8) is 0 Å². The van der Waals surface area contributed by atoms with Crippen molar-refractivity contribution < 1.29 is 9.21 Å². The highest BCUT2D eigenvalue weighted by atomic mass is 35.5. The van der Waals surface area contributed by atoms with E-state index in [0.29, 0.717) is 32.3 Å². The molecule has 1 fully saturated rings. The minimum atomic E-state index is -0.0818. The van der Waals surface area contributed by atoms with Crippen LogP contribution in [0.25, 0.3) is 17.4 Å². The van der Waals surface area contributed by atoms with Gasteiger partial charge in [0.25, 0.3) is 5.91 Å². The van der Waals surface area contributed by atoms with Crippen molar-refractivity contribution in [1.82, 2.24) is 4.90 Å². The van der Waals surface area contributed by atoms with Crippen LogP contribution < -0.4 is 0 Å². The second kappa shape index (κ2) is 8.35. The molecule has 0 N–H and O–H groups in total. The first-order valence-electron chi connectivity index (χ1n) is 8.76. The number of thiocarbonyl (C=S) groups is 1. The van der Waals surface area contributed by atoms with E-state index in [0.717, 1.165) is 12.0 Å². The number of furan rings is 1. The summed E-state index contributed by atoms with van der Waals surface area (Å²) in [5.74, 6) is 1.18. The van der Waals surface area contributed by atoms with Crippen LogP contribution in [0, 0.1) is 0 Å². The Morgan fingerprint density at radius 3 is 2.57 bits per heavy atom. The summed E-state index contributed by atoms with van der Waals surface area (Å²) in [7, 11) is 0. The van der Waals surface area contributed by atoms with Gasteiger partial charge in [-0.1, -0.05) is 78.0 Å². The third-order valence-electron chi connectivity index (χ3n) is 4.38. The summed E-state index contributed by atoms with van der Waals surface area (Å²) in [6, 6.07) is 21.2. The van der Waals surface area contributed by atoms with Crippen LogP contribution in [-0.2, 0) is 11.2 Å². The highest BCUT2D eigenvalue weighted by Gasteiger charge is 2.31. The molecule has 1 aliphatic rings. The fourth-order valence-corrected chi connectivity index (χ4v) is 4.46. The summed E-state index contributed by atoms with van der Waals surface area (Å²) in [5, 5.41) is 0.621. The summed E-state index contributed by atoms with van der Waals surface area (Å²) >= 11 is 12.9. The number of benzene rings is 2. The van der Waals surface area contributed by atoms with Crippen molar-refractivity contribution in [2.45, 2.75) is 6.42 Å². The zero-order valence-corrected chi connectivity index (χ0v) is 17.2. The summed E-state index contributed by atoms with van der Waals surface area (Å²) in [4.78, 5) is 15.0. The summed E-state index contributed by atoms with van der Waals surface area (Å²) in [6.45, 7) is 0.565. The van der Waals surface area contributed by atoms with Crippen LogP contribution in [0.3, 0.4) is 0 Å². The molecule has 140 valence electrons. The Bertz CT molecular complexity index is 1060. The number of halogens is 1. The van der Waals surface area contributed by atoms with Gasteiger partial charge in [0.15, 0.2) is 0 Å². The molecule has 1 saturated heterocycles. The molecule has 2 heterocycles. The number of amides is 1. The van der Waals surface area contributed by atoms with Gasteiger partial charge < -0.3 is 4.42 Å². The molecule has 6 heteroatoms. The van der Waals surface area contributed by atoms with Crippen LogP contribution >= 0.6 is 35.6 Å². The van der Waals surface area contributed by atoms with E-state index in [1.165, 1.54) is 17.3 Å². The topological polar surface area (TPSA) is 33.5 Å². The van der Waals surface area contributed by atoms with E-state index in [9.17, 15) is 4.79 Å². The first-order valence-corrected chi connectivity index (χ1v) is 10.4. The van der Waals surface area contributed by atoms with Crippen molar-refractivity contribution in [2.24, 2.45) is 0 Å². The van der Waals surface area contributed by atoms with Crippen molar-refractivity contribution in [1.29, 1.82) is 0 Å². The molecule has 3 nitrogen and oxygen atoms in total. The van der Waals surface area contributed by atoms with E-state index >= 15 is 0 Å². The number of rotatable bonds is 5. The van der Waals surface area contributed by atoms with Gasteiger partial charge in [-0.05, 0) is 36.2 Å². The largest absolute Gasteiger partial charge is 0.457 e. The Labute approximate surface area is 178 Å². The zero-order chi connectivity index (χ0) is 19.5. The fourth-order valence-electron chi connectivity index (χ4n) is 2.94. The van der Waals surface area contributed by atoms with Gasteiger partial charge in [0.05, 0.1) is 9.93 Å². The minimum absolute atomic E-state index is 0.0818. The zero-order valence-electron chi connectivity index (χ0n) is 14.8. The third-order valence-corrected chi connectivity index (χ3v) is 6.09. The maximum atomic E-state index is 12.8. The van der Waals surface area contributed by atoms with Crippen LogP contribution in [0.2, 0.25) is 5.02 Å². The number of hydrogen-bond acceptors (Lipinski definition) is 4. The van der Waals surface area contributed by atoms with Crippen molar-refractivity contribution in [2.75, 3.05) is 6.54 Å². The molecule has 1 amide bonds.